The summed E-state index contributed by atoms with van der Waals surface area (Å²) >= 11 is 1.74. The molecule has 1 fully saturated rings. The number of rotatable bonds is 7. The van der Waals surface area contributed by atoms with Crippen LogP contribution in [0.3, 0.4) is 0 Å². The Kier molecular flexibility index (Phi) is 4.94. The Morgan fingerprint density at radius 1 is 1.58 bits per heavy atom. The van der Waals surface area contributed by atoms with Gasteiger partial charge in [0.2, 0.25) is 5.91 Å². The van der Waals surface area contributed by atoms with Crippen LogP contribution in [0, 0.1) is 11.3 Å². The maximum atomic E-state index is 12.1. The molecule has 19 heavy (non-hydrogen) atoms. The summed E-state index contributed by atoms with van der Waals surface area (Å²) in [5.74, 6) is 0.110. The number of amides is 1. The van der Waals surface area contributed by atoms with E-state index in [0.29, 0.717) is 25.6 Å². The third kappa shape index (κ3) is 4.34. The number of likely N-dealkylation sites (N-methyl/N-ethyl adjacent to an activating group) is 1. The van der Waals surface area contributed by atoms with Crippen molar-refractivity contribution < 1.29 is 4.79 Å². The molecule has 4 nitrogen and oxygen atoms in total. The van der Waals surface area contributed by atoms with Crippen LogP contribution >= 0.6 is 11.3 Å². The zero-order valence-corrected chi connectivity index (χ0v) is 12.0. The Hall–Kier alpha value is -1.38. The Labute approximate surface area is 118 Å². The fraction of sp³-hybridized carbons (Fsp3) is 0.571. The highest BCUT2D eigenvalue weighted by Gasteiger charge is 2.31. The quantitative estimate of drug-likeness (QED) is 0.766. The van der Waals surface area contributed by atoms with Gasteiger partial charge in [-0.05, 0) is 24.3 Å². The first-order valence-corrected chi connectivity index (χ1v) is 7.46. The highest BCUT2D eigenvalue weighted by atomic mass is 32.1. The monoisotopic (exact) mass is 277 g/mol. The smallest absolute Gasteiger partial charge is 0.236 e. The van der Waals surface area contributed by atoms with Crippen molar-refractivity contribution in [3.8, 4) is 6.07 Å². The molecule has 0 unspecified atom stereocenters. The van der Waals surface area contributed by atoms with E-state index in [4.69, 9.17) is 5.26 Å². The number of nitrogens with zero attached hydrogens (tertiary/aromatic N) is 3. The first-order valence-electron chi connectivity index (χ1n) is 6.58. The van der Waals surface area contributed by atoms with Crippen molar-refractivity contribution >= 4 is 17.2 Å². The molecule has 0 aromatic carbocycles. The highest BCUT2D eigenvalue weighted by Crippen LogP contribution is 2.29. The van der Waals surface area contributed by atoms with Crippen molar-refractivity contribution in [3.63, 3.8) is 0 Å². The predicted octanol–water partition coefficient (Wildman–Crippen LogP) is 2.08. The van der Waals surface area contributed by atoms with Gasteiger partial charge in [-0.1, -0.05) is 6.07 Å². The van der Waals surface area contributed by atoms with E-state index in [1.54, 1.807) is 23.3 Å². The molecule has 1 aliphatic carbocycles. The van der Waals surface area contributed by atoms with E-state index in [0.717, 1.165) is 6.54 Å². The third-order valence-electron chi connectivity index (χ3n) is 3.33. The van der Waals surface area contributed by atoms with Crippen LogP contribution in [0.5, 0.6) is 0 Å². The molecule has 0 radical (unpaired) electrons. The Bertz CT molecular complexity index is 448. The van der Waals surface area contributed by atoms with Crippen LogP contribution in [0.1, 0.15) is 24.1 Å². The average Bonchev–Trinajstić information content (AvgIpc) is 3.13. The molecule has 0 spiro atoms. The van der Waals surface area contributed by atoms with Gasteiger partial charge in [0.1, 0.15) is 0 Å². The Balaban J connectivity index is 1.86. The minimum atomic E-state index is 0.110. The van der Waals surface area contributed by atoms with Gasteiger partial charge in [-0.25, -0.2) is 0 Å². The van der Waals surface area contributed by atoms with E-state index in [9.17, 15) is 4.79 Å². The number of nitriles is 1. The molecule has 0 bridgehead atoms. The second kappa shape index (κ2) is 6.69. The molecule has 2 rings (SSSR count). The molecule has 1 amide bonds. The van der Waals surface area contributed by atoms with Crippen molar-refractivity contribution in [1.82, 2.24) is 9.80 Å². The van der Waals surface area contributed by atoms with Crippen LogP contribution in [-0.4, -0.2) is 41.9 Å². The van der Waals surface area contributed by atoms with Crippen molar-refractivity contribution in [1.29, 1.82) is 5.26 Å². The molecule has 0 N–H and O–H groups in total. The molecule has 1 aromatic heterocycles. The van der Waals surface area contributed by atoms with Gasteiger partial charge in [-0.2, -0.15) is 5.26 Å². The SMILES string of the molecule is CN(CCC#N)C(=O)CN(Cc1cccs1)C1CC1. The zero-order valence-electron chi connectivity index (χ0n) is 11.2. The Morgan fingerprint density at radius 2 is 2.37 bits per heavy atom. The normalized spacial score (nSPS) is 14.4. The first kappa shape index (κ1) is 14.0. The van der Waals surface area contributed by atoms with Gasteiger partial charge in [-0.15, -0.1) is 11.3 Å². The summed E-state index contributed by atoms with van der Waals surface area (Å²) in [5.41, 5.74) is 0. The number of carbonyl (C=O) groups is 1. The minimum absolute atomic E-state index is 0.110. The summed E-state index contributed by atoms with van der Waals surface area (Å²) in [4.78, 5) is 17.3. The van der Waals surface area contributed by atoms with E-state index >= 15 is 0 Å². The lowest BCUT2D eigenvalue weighted by atomic mass is 10.3. The number of carbonyl (C=O) groups excluding carboxylic acids is 1. The highest BCUT2D eigenvalue weighted by molar-refractivity contribution is 7.09. The van der Waals surface area contributed by atoms with Crippen LogP contribution < -0.4 is 0 Å². The van der Waals surface area contributed by atoms with Crippen molar-refractivity contribution in [3.05, 3.63) is 22.4 Å². The maximum Gasteiger partial charge on any atom is 0.236 e. The molecule has 0 atom stereocenters. The average molecular weight is 277 g/mol. The van der Waals surface area contributed by atoms with Gasteiger partial charge in [-0.3, -0.25) is 9.69 Å². The molecular formula is C14H19N3OS. The van der Waals surface area contributed by atoms with E-state index < -0.39 is 0 Å². The molecule has 5 heteroatoms. The van der Waals surface area contributed by atoms with Crippen molar-refractivity contribution in [2.75, 3.05) is 20.1 Å². The fourth-order valence-electron chi connectivity index (χ4n) is 1.99. The lowest BCUT2D eigenvalue weighted by molar-refractivity contribution is -0.131. The topological polar surface area (TPSA) is 47.3 Å². The summed E-state index contributed by atoms with van der Waals surface area (Å²) < 4.78 is 0. The minimum Gasteiger partial charge on any atom is -0.344 e. The summed E-state index contributed by atoms with van der Waals surface area (Å²) in [5, 5.41) is 10.6. The van der Waals surface area contributed by atoms with Gasteiger partial charge >= 0.3 is 0 Å². The summed E-state index contributed by atoms with van der Waals surface area (Å²) in [6, 6.07) is 6.80. The zero-order chi connectivity index (χ0) is 13.7. The third-order valence-corrected chi connectivity index (χ3v) is 4.19. The van der Waals surface area contributed by atoms with Crippen LogP contribution in [-0.2, 0) is 11.3 Å². The van der Waals surface area contributed by atoms with E-state index in [-0.39, 0.29) is 5.91 Å². The van der Waals surface area contributed by atoms with Gasteiger partial charge in [0.15, 0.2) is 0 Å². The standard InChI is InChI=1S/C14H19N3OS/c1-16(8-3-7-15)14(18)11-17(12-5-6-12)10-13-4-2-9-19-13/h2,4,9,12H,3,5-6,8,10-11H2,1H3. The van der Waals surface area contributed by atoms with E-state index in [1.807, 2.05) is 6.07 Å². The molecular weight excluding hydrogens is 258 g/mol. The fourth-order valence-corrected chi connectivity index (χ4v) is 2.72. The van der Waals surface area contributed by atoms with Crippen LogP contribution in [0.25, 0.3) is 0 Å². The number of hydrogen-bond donors (Lipinski definition) is 0. The molecule has 1 saturated carbocycles. The van der Waals surface area contributed by atoms with Gasteiger partial charge in [0.25, 0.3) is 0 Å². The van der Waals surface area contributed by atoms with Crippen LogP contribution in [0.2, 0.25) is 0 Å². The molecule has 102 valence electrons. The second-order valence-electron chi connectivity index (χ2n) is 4.94. The maximum absolute atomic E-state index is 12.1. The largest absolute Gasteiger partial charge is 0.344 e. The van der Waals surface area contributed by atoms with Crippen molar-refractivity contribution in [2.24, 2.45) is 0 Å². The Morgan fingerprint density at radius 3 is 2.95 bits per heavy atom. The van der Waals surface area contributed by atoms with E-state index in [2.05, 4.69) is 22.4 Å². The number of hydrogen-bond acceptors (Lipinski definition) is 4. The first-order chi connectivity index (χ1) is 9.20. The van der Waals surface area contributed by atoms with Gasteiger partial charge in [0, 0.05) is 31.1 Å². The second-order valence-corrected chi connectivity index (χ2v) is 5.97. The lowest BCUT2D eigenvalue weighted by Crippen LogP contribution is -2.39. The van der Waals surface area contributed by atoms with Crippen LogP contribution in [0.4, 0.5) is 0 Å². The lowest BCUT2D eigenvalue weighted by Gasteiger charge is -2.24. The predicted molar refractivity (Wildman–Crippen MR) is 75.6 cm³/mol. The molecule has 1 aromatic rings. The molecule has 0 saturated heterocycles. The van der Waals surface area contributed by atoms with Gasteiger partial charge in [0.05, 0.1) is 19.0 Å². The van der Waals surface area contributed by atoms with Gasteiger partial charge < -0.3 is 4.90 Å². The van der Waals surface area contributed by atoms with E-state index in [1.165, 1.54) is 17.7 Å². The molecule has 1 aliphatic rings. The molecule has 0 aliphatic heterocycles. The molecule has 1 heterocycles. The summed E-state index contributed by atoms with van der Waals surface area (Å²) in [6.07, 6.45) is 2.79. The number of thiophene rings is 1. The summed E-state index contributed by atoms with van der Waals surface area (Å²) in [7, 11) is 1.77. The van der Waals surface area contributed by atoms with Crippen molar-refractivity contribution in [2.45, 2.75) is 31.8 Å². The summed E-state index contributed by atoms with van der Waals surface area (Å²) in [6.45, 7) is 1.84. The van der Waals surface area contributed by atoms with Crippen LogP contribution in [0.15, 0.2) is 17.5 Å².